The molecule has 2 heterocycles. The van der Waals surface area contributed by atoms with Crippen LogP contribution in [0.3, 0.4) is 0 Å². The first kappa shape index (κ1) is 26.6. The van der Waals surface area contributed by atoms with E-state index in [0.717, 1.165) is 27.9 Å². The van der Waals surface area contributed by atoms with Crippen LogP contribution in [-0.2, 0) is 11.4 Å². The minimum absolute atomic E-state index is 0.239. The van der Waals surface area contributed by atoms with Gasteiger partial charge in [0.25, 0.3) is 5.91 Å². The van der Waals surface area contributed by atoms with E-state index in [9.17, 15) is 4.79 Å². The number of aromatic nitrogens is 3. The van der Waals surface area contributed by atoms with Crippen molar-refractivity contribution < 1.29 is 14.3 Å². The van der Waals surface area contributed by atoms with Gasteiger partial charge < -0.3 is 20.1 Å². The summed E-state index contributed by atoms with van der Waals surface area (Å²) < 4.78 is 13.4. The minimum atomic E-state index is -0.549. The molecule has 1 aromatic heterocycles. The highest BCUT2D eigenvalue weighted by Crippen LogP contribution is 2.39. The molecule has 0 spiro atoms. The Morgan fingerprint density at radius 2 is 1.85 bits per heavy atom. The molecule has 39 heavy (non-hydrogen) atoms. The molecule has 0 unspecified atom stereocenters. The van der Waals surface area contributed by atoms with Gasteiger partial charge in [0.1, 0.15) is 19.0 Å². The van der Waals surface area contributed by atoms with Crippen molar-refractivity contribution in [3.05, 3.63) is 104 Å². The first-order valence-electron chi connectivity index (χ1n) is 12.3. The van der Waals surface area contributed by atoms with E-state index < -0.39 is 6.04 Å². The highest BCUT2D eigenvalue weighted by atomic mass is 35.5. The zero-order valence-electron chi connectivity index (χ0n) is 21.9. The second-order valence-electron chi connectivity index (χ2n) is 9.31. The van der Waals surface area contributed by atoms with Crippen molar-refractivity contribution in [1.82, 2.24) is 14.8 Å². The van der Waals surface area contributed by atoms with E-state index in [1.54, 1.807) is 23.9 Å². The number of amides is 1. The van der Waals surface area contributed by atoms with Crippen LogP contribution in [-0.4, -0.2) is 27.8 Å². The average Bonchev–Trinajstić information content (AvgIpc) is 3.38. The van der Waals surface area contributed by atoms with Crippen LogP contribution in [0.25, 0.3) is 0 Å². The second-order valence-corrected chi connectivity index (χ2v) is 10.1. The van der Waals surface area contributed by atoms with Gasteiger partial charge in [-0.2, -0.15) is 10.1 Å². The Kier molecular flexibility index (Phi) is 7.50. The summed E-state index contributed by atoms with van der Waals surface area (Å²) in [7, 11) is 1.57. The Balaban J connectivity index is 1.47. The Morgan fingerprint density at radius 3 is 2.59 bits per heavy atom. The lowest BCUT2D eigenvalue weighted by atomic mass is 9.94. The SMILES string of the molecule is COc1cc([C@H]2C(C(=O)Nc3ccc(C)cc3C)=C(C)Nc3ncnn32)ccc1OCc1ccc(Cl)c(Cl)c1. The van der Waals surface area contributed by atoms with Gasteiger partial charge in [0, 0.05) is 11.4 Å². The van der Waals surface area contributed by atoms with Gasteiger partial charge in [0.05, 0.1) is 22.7 Å². The molecule has 0 bridgehead atoms. The Labute approximate surface area is 236 Å². The van der Waals surface area contributed by atoms with Crippen molar-refractivity contribution in [3.8, 4) is 11.5 Å². The van der Waals surface area contributed by atoms with E-state index in [2.05, 4.69) is 20.7 Å². The summed E-state index contributed by atoms with van der Waals surface area (Å²) >= 11 is 12.2. The van der Waals surface area contributed by atoms with Crippen LogP contribution in [0.5, 0.6) is 11.5 Å². The molecular formula is C29H27Cl2N5O3. The number of fused-ring (bicyclic) bond motifs is 1. The fraction of sp³-hybridized carbons (Fsp3) is 0.207. The number of nitrogens with one attached hydrogen (secondary N) is 2. The monoisotopic (exact) mass is 563 g/mol. The predicted molar refractivity (Wildman–Crippen MR) is 153 cm³/mol. The number of halogens is 2. The molecule has 4 aromatic rings. The molecule has 0 saturated carbocycles. The van der Waals surface area contributed by atoms with Gasteiger partial charge in [-0.3, -0.25) is 4.79 Å². The Bertz CT molecular complexity index is 1600. The van der Waals surface area contributed by atoms with Gasteiger partial charge in [0.2, 0.25) is 5.95 Å². The highest BCUT2D eigenvalue weighted by Gasteiger charge is 2.34. The maximum absolute atomic E-state index is 13.7. The minimum Gasteiger partial charge on any atom is -0.493 e. The molecule has 5 rings (SSSR count). The highest BCUT2D eigenvalue weighted by molar-refractivity contribution is 6.42. The van der Waals surface area contributed by atoms with E-state index in [-0.39, 0.29) is 12.5 Å². The van der Waals surface area contributed by atoms with Crippen LogP contribution >= 0.6 is 23.2 Å². The van der Waals surface area contributed by atoms with Crippen molar-refractivity contribution >= 4 is 40.7 Å². The summed E-state index contributed by atoms with van der Waals surface area (Å²) in [6, 6.07) is 16.3. The van der Waals surface area contributed by atoms with E-state index in [4.69, 9.17) is 32.7 Å². The number of carbonyl (C=O) groups excluding carboxylic acids is 1. The summed E-state index contributed by atoms with van der Waals surface area (Å²) in [5.74, 6) is 1.36. The number of aryl methyl sites for hydroxylation is 2. The largest absolute Gasteiger partial charge is 0.493 e. The van der Waals surface area contributed by atoms with Crippen LogP contribution in [0, 0.1) is 13.8 Å². The fourth-order valence-electron chi connectivity index (χ4n) is 4.60. The number of benzene rings is 3. The number of anilines is 2. The zero-order chi connectivity index (χ0) is 27.7. The van der Waals surface area contributed by atoms with Crippen LogP contribution < -0.4 is 20.1 Å². The molecule has 10 heteroatoms. The molecule has 0 saturated heterocycles. The zero-order valence-corrected chi connectivity index (χ0v) is 23.4. The molecule has 0 radical (unpaired) electrons. The maximum atomic E-state index is 13.7. The van der Waals surface area contributed by atoms with Gasteiger partial charge >= 0.3 is 0 Å². The number of hydrogen-bond donors (Lipinski definition) is 2. The summed E-state index contributed by atoms with van der Waals surface area (Å²) in [5.41, 5.74) is 5.70. The van der Waals surface area contributed by atoms with Gasteiger partial charge in [0.15, 0.2) is 11.5 Å². The van der Waals surface area contributed by atoms with Crippen molar-refractivity contribution in [2.75, 3.05) is 17.7 Å². The van der Waals surface area contributed by atoms with Gasteiger partial charge in [-0.25, -0.2) is 4.68 Å². The van der Waals surface area contributed by atoms with E-state index in [1.807, 2.05) is 63.2 Å². The van der Waals surface area contributed by atoms with Crippen molar-refractivity contribution in [1.29, 1.82) is 0 Å². The second kappa shape index (κ2) is 11.0. The maximum Gasteiger partial charge on any atom is 0.255 e. The van der Waals surface area contributed by atoms with Crippen molar-refractivity contribution in [2.24, 2.45) is 0 Å². The van der Waals surface area contributed by atoms with Crippen molar-refractivity contribution in [3.63, 3.8) is 0 Å². The number of methoxy groups -OCH3 is 1. The van der Waals surface area contributed by atoms with Crippen LogP contribution in [0.15, 0.2) is 72.2 Å². The van der Waals surface area contributed by atoms with E-state index in [0.29, 0.717) is 38.8 Å². The number of allylic oxidation sites excluding steroid dienone is 1. The molecule has 8 nitrogen and oxygen atoms in total. The molecule has 1 atom stereocenters. The molecule has 200 valence electrons. The number of carbonyl (C=O) groups is 1. The van der Waals surface area contributed by atoms with Gasteiger partial charge in [-0.05, 0) is 67.8 Å². The molecule has 1 amide bonds. The normalized spacial score (nSPS) is 14.5. The lowest BCUT2D eigenvalue weighted by molar-refractivity contribution is -0.113. The smallest absolute Gasteiger partial charge is 0.255 e. The predicted octanol–water partition coefficient (Wildman–Crippen LogP) is 6.72. The van der Waals surface area contributed by atoms with Crippen LogP contribution in [0.1, 0.15) is 35.2 Å². The van der Waals surface area contributed by atoms with Crippen LogP contribution in [0.4, 0.5) is 11.6 Å². The third-order valence-electron chi connectivity index (χ3n) is 6.55. The summed E-state index contributed by atoms with van der Waals surface area (Å²) in [6.45, 7) is 6.12. The van der Waals surface area contributed by atoms with E-state index in [1.165, 1.54) is 6.33 Å². The van der Waals surface area contributed by atoms with Crippen molar-refractivity contribution in [2.45, 2.75) is 33.4 Å². The molecule has 2 N–H and O–H groups in total. The number of hydrogen-bond acceptors (Lipinski definition) is 6. The average molecular weight is 564 g/mol. The Hall–Kier alpha value is -4.01. The first-order chi connectivity index (χ1) is 18.7. The molecule has 0 aliphatic carbocycles. The first-order valence-corrected chi connectivity index (χ1v) is 13.0. The molecule has 3 aromatic carbocycles. The number of ether oxygens (including phenoxy) is 2. The summed E-state index contributed by atoms with van der Waals surface area (Å²) in [6.07, 6.45) is 1.46. The van der Waals surface area contributed by atoms with E-state index >= 15 is 0 Å². The number of rotatable bonds is 7. The topological polar surface area (TPSA) is 90.3 Å². The summed E-state index contributed by atoms with van der Waals surface area (Å²) in [4.78, 5) is 18.0. The number of nitrogens with zero attached hydrogens (tertiary/aromatic N) is 3. The standard InChI is InChI=1S/C29H27Cl2N5O3/c1-16-5-9-23(17(2)11-16)35-28(37)26-18(3)34-29-32-15-33-36(29)27(26)20-7-10-24(25(13-20)38-4)39-14-19-6-8-21(30)22(31)12-19/h5-13,15,27H,14H2,1-4H3,(H,35,37)(H,32,33,34)/t27-/m0/s1. The Morgan fingerprint density at radius 1 is 1.03 bits per heavy atom. The quantitative estimate of drug-likeness (QED) is 0.259. The van der Waals surface area contributed by atoms with Gasteiger partial charge in [-0.15, -0.1) is 0 Å². The third-order valence-corrected chi connectivity index (χ3v) is 7.29. The molecule has 1 aliphatic heterocycles. The lowest BCUT2D eigenvalue weighted by Gasteiger charge is -2.29. The molecular weight excluding hydrogens is 537 g/mol. The molecule has 1 aliphatic rings. The molecule has 0 fully saturated rings. The lowest BCUT2D eigenvalue weighted by Crippen LogP contribution is -2.31. The van der Waals surface area contributed by atoms with Gasteiger partial charge in [-0.1, -0.05) is 53.0 Å². The fourth-order valence-corrected chi connectivity index (χ4v) is 4.92. The summed E-state index contributed by atoms with van der Waals surface area (Å²) in [5, 5.41) is 11.6. The van der Waals surface area contributed by atoms with Crippen LogP contribution in [0.2, 0.25) is 10.0 Å². The third kappa shape index (κ3) is 5.44.